The number of hydrogen-bond acceptors (Lipinski definition) is 0. The van der Waals surface area contributed by atoms with Gasteiger partial charge in [0.1, 0.15) is 6.54 Å². The summed E-state index contributed by atoms with van der Waals surface area (Å²) >= 11 is 0. The predicted molar refractivity (Wildman–Crippen MR) is 86.0 cm³/mol. The molecule has 0 atom stereocenters. The monoisotopic (exact) mass is 260 g/mol. The van der Waals surface area contributed by atoms with Gasteiger partial charge in [0, 0.05) is 5.56 Å². The van der Waals surface area contributed by atoms with E-state index in [2.05, 4.69) is 51.6 Å². The average molecular weight is 260 g/mol. The summed E-state index contributed by atoms with van der Waals surface area (Å²) in [6.07, 6.45) is 5.77. The average Bonchev–Trinajstić information content (AvgIpc) is 2.40. The highest BCUT2D eigenvalue weighted by Crippen LogP contribution is 2.21. The Morgan fingerprint density at radius 1 is 0.947 bits per heavy atom. The SMILES string of the molecule is C=Cc1ccccc1C[N+](CCC)(CCC)CCC. The zero-order valence-corrected chi connectivity index (χ0v) is 13.0. The van der Waals surface area contributed by atoms with Crippen LogP contribution in [0.25, 0.3) is 6.08 Å². The van der Waals surface area contributed by atoms with Crippen molar-refractivity contribution in [2.45, 2.75) is 46.6 Å². The molecular formula is C18H30N+. The van der Waals surface area contributed by atoms with Gasteiger partial charge in [-0.15, -0.1) is 0 Å². The highest BCUT2D eigenvalue weighted by molar-refractivity contribution is 5.51. The molecule has 0 unspecified atom stereocenters. The fourth-order valence-electron chi connectivity index (χ4n) is 3.23. The molecule has 0 bridgehead atoms. The maximum atomic E-state index is 3.95. The van der Waals surface area contributed by atoms with Gasteiger partial charge in [-0.25, -0.2) is 0 Å². The first-order valence-electron chi connectivity index (χ1n) is 7.76. The van der Waals surface area contributed by atoms with Crippen LogP contribution in [0.2, 0.25) is 0 Å². The van der Waals surface area contributed by atoms with Crippen LogP contribution in [0.4, 0.5) is 0 Å². The van der Waals surface area contributed by atoms with Crippen molar-refractivity contribution in [1.82, 2.24) is 0 Å². The standard InChI is InChI=1S/C18H30N/c1-5-13-19(14-6-2,15-7-3)16-18-12-10-9-11-17(18)8-4/h8-12H,4-7,13-16H2,1-3H3/q+1. The molecule has 0 heterocycles. The quantitative estimate of drug-likeness (QED) is 0.555. The van der Waals surface area contributed by atoms with Gasteiger partial charge in [0.2, 0.25) is 0 Å². The summed E-state index contributed by atoms with van der Waals surface area (Å²) in [5.41, 5.74) is 2.75. The fourth-order valence-corrected chi connectivity index (χ4v) is 3.23. The zero-order valence-electron chi connectivity index (χ0n) is 13.0. The summed E-state index contributed by atoms with van der Waals surface area (Å²) in [4.78, 5) is 0. The van der Waals surface area contributed by atoms with Crippen molar-refractivity contribution in [2.75, 3.05) is 19.6 Å². The summed E-state index contributed by atoms with van der Waals surface area (Å²) in [7, 11) is 0. The number of benzene rings is 1. The Morgan fingerprint density at radius 3 is 1.95 bits per heavy atom. The molecule has 0 aliphatic rings. The Bertz CT molecular complexity index is 364. The smallest absolute Gasteiger partial charge is 0.105 e. The Kier molecular flexibility index (Phi) is 6.86. The number of rotatable bonds is 9. The maximum Gasteiger partial charge on any atom is 0.105 e. The molecule has 1 heteroatoms. The van der Waals surface area contributed by atoms with E-state index in [1.165, 1.54) is 54.5 Å². The van der Waals surface area contributed by atoms with Gasteiger partial charge >= 0.3 is 0 Å². The molecule has 1 aromatic rings. The molecule has 0 N–H and O–H groups in total. The summed E-state index contributed by atoms with van der Waals surface area (Å²) in [5.74, 6) is 0. The molecular weight excluding hydrogens is 230 g/mol. The lowest BCUT2D eigenvalue weighted by atomic mass is 10.0. The molecule has 1 rings (SSSR count). The molecule has 0 aliphatic carbocycles. The van der Waals surface area contributed by atoms with Crippen LogP contribution in [0.3, 0.4) is 0 Å². The van der Waals surface area contributed by atoms with Gasteiger partial charge in [-0.3, -0.25) is 0 Å². The largest absolute Gasteiger partial charge is 0.320 e. The highest BCUT2D eigenvalue weighted by atomic mass is 15.3. The van der Waals surface area contributed by atoms with Crippen molar-refractivity contribution in [3.8, 4) is 0 Å². The first-order chi connectivity index (χ1) is 9.21. The van der Waals surface area contributed by atoms with Crippen LogP contribution in [0.1, 0.15) is 51.2 Å². The minimum Gasteiger partial charge on any atom is -0.320 e. The normalized spacial score (nSPS) is 11.5. The lowest BCUT2D eigenvalue weighted by Gasteiger charge is -2.39. The Morgan fingerprint density at radius 2 is 1.47 bits per heavy atom. The first kappa shape index (κ1) is 16.0. The van der Waals surface area contributed by atoms with Crippen LogP contribution in [-0.2, 0) is 6.54 Å². The number of hydrogen-bond donors (Lipinski definition) is 0. The van der Waals surface area contributed by atoms with Crippen LogP contribution in [-0.4, -0.2) is 24.1 Å². The summed E-state index contributed by atoms with van der Waals surface area (Å²) in [6.45, 7) is 15.9. The summed E-state index contributed by atoms with van der Waals surface area (Å²) in [6, 6.07) is 8.71. The van der Waals surface area contributed by atoms with E-state index in [4.69, 9.17) is 0 Å². The van der Waals surface area contributed by atoms with Gasteiger partial charge in [0.25, 0.3) is 0 Å². The molecule has 0 fully saturated rings. The number of nitrogens with zero attached hydrogens (tertiary/aromatic N) is 1. The van der Waals surface area contributed by atoms with Crippen LogP contribution in [0.5, 0.6) is 0 Å². The van der Waals surface area contributed by atoms with Gasteiger partial charge in [0.15, 0.2) is 0 Å². The van der Waals surface area contributed by atoms with Gasteiger partial charge in [-0.1, -0.05) is 57.7 Å². The lowest BCUT2D eigenvalue weighted by molar-refractivity contribution is -0.941. The van der Waals surface area contributed by atoms with E-state index in [1.807, 2.05) is 6.08 Å². The minimum atomic E-state index is 1.15. The van der Waals surface area contributed by atoms with Crippen LogP contribution in [0, 0.1) is 0 Å². The van der Waals surface area contributed by atoms with Crippen molar-refractivity contribution >= 4 is 6.08 Å². The second kappa shape index (κ2) is 8.16. The molecule has 1 nitrogen and oxygen atoms in total. The highest BCUT2D eigenvalue weighted by Gasteiger charge is 2.25. The molecule has 0 radical (unpaired) electrons. The first-order valence-corrected chi connectivity index (χ1v) is 7.76. The summed E-state index contributed by atoms with van der Waals surface area (Å²) in [5, 5.41) is 0. The molecule has 0 aromatic heterocycles. The zero-order chi connectivity index (χ0) is 14.1. The Labute approximate surface area is 119 Å². The molecule has 0 amide bonds. The molecule has 0 aliphatic heterocycles. The van der Waals surface area contributed by atoms with E-state index in [-0.39, 0.29) is 0 Å². The van der Waals surface area contributed by atoms with Gasteiger partial charge in [-0.05, 0) is 24.8 Å². The Hall–Kier alpha value is -1.08. The van der Waals surface area contributed by atoms with Gasteiger partial charge < -0.3 is 4.48 Å². The third-order valence-electron chi connectivity index (χ3n) is 3.87. The molecule has 0 spiro atoms. The van der Waals surface area contributed by atoms with Crippen molar-refractivity contribution in [3.05, 3.63) is 42.0 Å². The molecule has 106 valence electrons. The second-order valence-corrected chi connectivity index (χ2v) is 5.57. The minimum absolute atomic E-state index is 1.15. The van der Waals surface area contributed by atoms with Crippen LogP contribution < -0.4 is 0 Å². The Balaban J connectivity index is 3.00. The second-order valence-electron chi connectivity index (χ2n) is 5.57. The van der Waals surface area contributed by atoms with Gasteiger partial charge in [0.05, 0.1) is 19.6 Å². The van der Waals surface area contributed by atoms with E-state index < -0.39 is 0 Å². The topological polar surface area (TPSA) is 0 Å². The van der Waals surface area contributed by atoms with Crippen molar-refractivity contribution in [1.29, 1.82) is 0 Å². The van der Waals surface area contributed by atoms with Crippen LogP contribution in [0.15, 0.2) is 30.8 Å². The van der Waals surface area contributed by atoms with E-state index >= 15 is 0 Å². The predicted octanol–water partition coefficient (Wildman–Crippen LogP) is 4.88. The van der Waals surface area contributed by atoms with Crippen molar-refractivity contribution < 1.29 is 4.48 Å². The molecule has 0 saturated heterocycles. The molecule has 0 saturated carbocycles. The van der Waals surface area contributed by atoms with Gasteiger partial charge in [-0.2, -0.15) is 0 Å². The number of quaternary nitrogens is 1. The van der Waals surface area contributed by atoms with E-state index in [9.17, 15) is 0 Å². The van der Waals surface area contributed by atoms with Crippen LogP contribution >= 0.6 is 0 Å². The van der Waals surface area contributed by atoms with E-state index in [0.29, 0.717) is 0 Å². The van der Waals surface area contributed by atoms with E-state index in [0.717, 1.165) is 6.54 Å². The van der Waals surface area contributed by atoms with E-state index in [1.54, 1.807) is 0 Å². The third kappa shape index (κ3) is 4.50. The maximum absolute atomic E-state index is 3.95. The third-order valence-corrected chi connectivity index (χ3v) is 3.87. The molecule has 1 aromatic carbocycles. The fraction of sp³-hybridized carbons (Fsp3) is 0.556. The molecule has 19 heavy (non-hydrogen) atoms. The van der Waals surface area contributed by atoms with Crippen molar-refractivity contribution in [3.63, 3.8) is 0 Å². The van der Waals surface area contributed by atoms with Crippen molar-refractivity contribution in [2.24, 2.45) is 0 Å². The summed E-state index contributed by atoms with van der Waals surface area (Å²) < 4.78 is 1.23. The lowest BCUT2D eigenvalue weighted by Crippen LogP contribution is -2.49.